The van der Waals surface area contributed by atoms with Gasteiger partial charge >= 0.3 is 0 Å². The molecule has 0 aromatic heterocycles. The van der Waals surface area contributed by atoms with Gasteiger partial charge in [0.2, 0.25) is 25.1 Å². The molecule has 4 aromatic rings. The molecule has 2 atom stereocenters. The van der Waals surface area contributed by atoms with E-state index in [1.54, 1.807) is 42.7 Å². The second-order valence-electron chi connectivity index (χ2n) is 12.2. The molecule has 0 amide bonds. The molecule has 0 saturated heterocycles. The van der Waals surface area contributed by atoms with Crippen LogP contribution in [0.5, 0.6) is 69.0 Å². The summed E-state index contributed by atoms with van der Waals surface area (Å²) in [6.07, 6.45) is 0. The van der Waals surface area contributed by atoms with Crippen LogP contribution in [0.4, 0.5) is 0 Å². The van der Waals surface area contributed by atoms with Gasteiger partial charge in [-0.2, -0.15) is 0 Å². The van der Waals surface area contributed by atoms with Crippen LogP contribution < -0.4 is 56.8 Å². The SMILES string of the molecule is COc1cc([C@H](C)c2cc3c(cc2OCCOCCOc2cc4c(cc2[C@@H](C)c2cc(OC)c(OC)c(OC)c2)OCO4)OCO3)cc(OC)c1OC. The zero-order valence-electron chi connectivity index (χ0n) is 31.3. The van der Waals surface area contributed by atoms with Crippen molar-refractivity contribution in [2.24, 2.45) is 0 Å². The van der Waals surface area contributed by atoms with E-state index in [0.717, 1.165) is 22.3 Å². The number of rotatable bonds is 18. The molecule has 2 aliphatic rings. The van der Waals surface area contributed by atoms with Crippen LogP contribution in [-0.2, 0) is 4.74 Å². The van der Waals surface area contributed by atoms with Gasteiger partial charge in [-0.3, -0.25) is 0 Å². The fourth-order valence-corrected chi connectivity index (χ4v) is 6.39. The molecular formula is C40H46O13. The summed E-state index contributed by atoms with van der Waals surface area (Å²) in [5.74, 6) is 6.92. The zero-order chi connectivity index (χ0) is 37.5. The van der Waals surface area contributed by atoms with Gasteiger partial charge in [0.25, 0.3) is 0 Å². The van der Waals surface area contributed by atoms with Gasteiger partial charge in [0.15, 0.2) is 46.0 Å². The lowest BCUT2D eigenvalue weighted by Crippen LogP contribution is -2.14. The summed E-state index contributed by atoms with van der Waals surface area (Å²) in [4.78, 5) is 0. The minimum atomic E-state index is -0.124. The summed E-state index contributed by atoms with van der Waals surface area (Å²) >= 11 is 0. The molecule has 6 rings (SSSR count). The van der Waals surface area contributed by atoms with Gasteiger partial charge in [0.1, 0.15) is 24.7 Å². The Morgan fingerprint density at radius 3 is 1.09 bits per heavy atom. The van der Waals surface area contributed by atoms with E-state index in [1.807, 2.05) is 48.5 Å². The molecule has 13 nitrogen and oxygen atoms in total. The fraction of sp³-hybridized carbons (Fsp3) is 0.400. The minimum Gasteiger partial charge on any atom is -0.493 e. The molecule has 0 radical (unpaired) electrons. The maximum atomic E-state index is 6.28. The predicted octanol–water partition coefficient (Wildman–Crippen LogP) is 6.97. The summed E-state index contributed by atoms with van der Waals surface area (Å²) < 4.78 is 74.7. The van der Waals surface area contributed by atoms with Gasteiger partial charge in [-0.25, -0.2) is 0 Å². The standard InChI is InChI=1S/C40H46O13/c1-23(25-13-35(41-3)39(45-7)36(14-25)42-4)27-17-31-33(52-21-50-31)19-29(27)48-11-9-47-10-12-49-30-20-34-32(51-22-53-34)18-28(30)24(2)26-15-37(43-5)40(46-8)38(16-26)44-6/h13-20,23-24H,9-12,21-22H2,1-8H3/t23-,24-/m0/s1. The summed E-state index contributed by atoms with van der Waals surface area (Å²) in [5.41, 5.74) is 3.70. The minimum absolute atomic E-state index is 0.124. The van der Waals surface area contributed by atoms with Crippen molar-refractivity contribution in [3.8, 4) is 69.0 Å². The van der Waals surface area contributed by atoms with Crippen molar-refractivity contribution in [1.29, 1.82) is 0 Å². The van der Waals surface area contributed by atoms with Crippen molar-refractivity contribution in [3.05, 3.63) is 70.8 Å². The van der Waals surface area contributed by atoms with Crippen molar-refractivity contribution in [2.75, 3.05) is 82.7 Å². The molecule has 0 N–H and O–H groups in total. The van der Waals surface area contributed by atoms with E-state index in [4.69, 9.17) is 61.6 Å². The lowest BCUT2D eigenvalue weighted by atomic mass is 9.91. The van der Waals surface area contributed by atoms with Crippen LogP contribution in [0.25, 0.3) is 0 Å². The van der Waals surface area contributed by atoms with Crippen LogP contribution in [0.2, 0.25) is 0 Å². The lowest BCUT2D eigenvalue weighted by Gasteiger charge is -2.21. The molecule has 284 valence electrons. The first-order valence-corrected chi connectivity index (χ1v) is 17.1. The Labute approximate surface area is 309 Å². The van der Waals surface area contributed by atoms with E-state index in [9.17, 15) is 0 Å². The molecule has 2 aliphatic heterocycles. The van der Waals surface area contributed by atoms with E-state index >= 15 is 0 Å². The fourth-order valence-electron chi connectivity index (χ4n) is 6.39. The molecule has 13 heteroatoms. The molecule has 53 heavy (non-hydrogen) atoms. The second-order valence-corrected chi connectivity index (χ2v) is 12.2. The molecule has 0 saturated carbocycles. The molecule has 0 bridgehead atoms. The summed E-state index contributed by atoms with van der Waals surface area (Å²) in [5, 5.41) is 0. The van der Waals surface area contributed by atoms with Crippen LogP contribution in [0.3, 0.4) is 0 Å². The van der Waals surface area contributed by atoms with Crippen molar-refractivity contribution in [2.45, 2.75) is 25.7 Å². The van der Waals surface area contributed by atoms with Crippen LogP contribution in [-0.4, -0.2) is 82.7 Å². The Kier molecular flexibility index (Phi) is 11.8. The highest BCUT2D eigenvalue weighted by Crippen LogP contribution is 2.47. The van der Waals surface area contributed by atoms with Crippen molar-refractivity contribution >= 4 is 0 Å². The highest BCUT2D eigenvalue weighted by atomic mass is 16.7. The van der Waals surface area contributed by atoms with E-state index in [-0.39, 0.29) is 25.4 Å². The average Bonchev–Trinajstić information content (AvgIpc) is 3.86. The highest BCUT2D eigenvalue weighted by Gasteiger charge is 2.26. The summed E-state index contributed by atoms with van der Waals surface area (Å²) in [6, 6.07) is 15.3. The maximum Gasteiger partial charge on any atom is 0.231 e. The third kappa shape index (κ3) is 7.80. The molecule has 0 fully saturated rings. The topological polar surface area (TPSA) is 120 Å². The van der Waals surface area contributed by atoms with Gasteiger partial charge in [-0.1, -0.05) is 13.8 Å². The predicted molar refractivity (Wildman–Crippen MR) is 194 cm³/mol. The molecule has 4 aromatic carbocycles. The summed E-state index contributed by atoms with van der Waals surface area (Å²) in [7, 11) is 9.54. The van der Waals surface area contributed by atoms with E-state index in [2.05, 4.69) is 13.8 Å². The average molecular weight is 735 g/mol. The number of fused-ring (bicyclic) bond motifs is 2. The first-order valence-electron chi connectivity index (χ1n) is 17.1. The zero-order valence-corrected chi connectivity index (χ0v) is 31.3. The Bertz CT molecular complexity index is 1710. The molecule has 2 heterocycles. The van der Waals surface area contributed by atoms with Crippen molar-refractivity contribution in [1.82, 2.24) is 0 Å². The van der Waals surface area contributed by atoms with Crippen LogP contribution >= 0.6 is 0 Å². The number of methoxy groups -OCH3 is 6. The van der Waals surface area contributed by atoms with E-state index < -0.39 is 0 Å². The number of ether oxygens (including phenoxy) is 13. The summed E-state index contributed by atoms with van der Waals surface area (Å²) in [6.45, 7) is 5.68. The van der Waals surface area contributed by atoms with Gasteiger partial charge < -0.3 is 61.6 Å². The Morgan fingerprint density at radius 1 is 0.434 bits per heavy atom. The van der Waals surface area contributed by atoms with Crippen LogP contribution in [0, 0.1) is 0 Å². The lowest BCUT2D eigenvalue weighted by molar-refractivity contribution is 0.0758. The molecule has 0 aliphatic carbocycles. The van der Waals surface area contributed by atoms with E-state index in [1.165, 1.54) is 0 Å². The highest BCUT2D eigenvalue weighted by molar-refractivity contribution is 5.60. The third-order valence-corrected chi connectivity index (χ3v) is 9.29. The van der Waals surface area contributed by atoms with Crippen molar-refractivity contribution in [3.63, 3.8) is 0 Å². The monoisotopic (exact) mass is 734 g/mol. The van der Waals surface area contributed by atoms with Crippen LogP contribution in [0.1, 0.15) is 47.9 Å². The smallest absolute Gasteiger partial charge is 0.231 e. The van der Waals surface area contributed by atoms with Crippen molar-refractivity contribution < 1.29 is 61.6 Å². The molecule has 0 unspecified atom stereocenters. The Morgan fingerprint density at radius 2 is 0.774 bits per heavy atom. The van der Waals surface area contributed by atoms with E-state index in [0.29, 0.717) is 95.4 Å². The first kappa shape index (κ1) is 37.2. The van der Waals surface area contributed by atoms with Gasteiger partial charge in [-0.15, -0.1) is 0 Å². The number of hydrogen-bond donors (Lipinski definition) is 0. The molecule has 0 spiro atoms. The maximum absolute atomic E-state index is 6.28. The molecular weight excluding hydrogens is 688 g/mol. The van der Waals surface area contributed by atoms with Gasteiger partial charge in [0, 0.05) is 35.1 Å². The quantitative estimate of drug-likeness (QED) is 0.0980. The van der Waals surface area contributed by atoms with Gasteiger partial charge in [0.05, 0.1) is 55.9 Å². The Balaban J connectivity index is 1.11. The van der Waals surface area contributed by atoms with Gasteiger partial charge in [-0.05, 0) is 47.5 Å². The normalized spacial score (nSPS) is 13.6. The largest absolute Gasteiger partial charge is 0.493 e. The first-order chi connectivity index (χ1) is 25.8. The second kappa shape index (κ2) is 16.8. The third-order valence-electron chi connectivity index (χ3n) is 9.29. The number of hydrogen-bond acceptors (Lipinski definition) is 13. The Hall–Kier alpha value is -5.56. The number of benzene rings is 4. The van der Waals surface area contributed by atoms with Crippen LogP contribution in [0.15, 0.2) is 48.5 Å².